The summed E-state index contributed by atoms with van der Waals surface area (Å²) < 4.78 is 4.72. The molecule has 0 amide bonds. The van der Waals surface area contributed by atoms with Crippen molar-refractivity contribution in [1.29, 1.82) is 0 Å². The molecule has 0 aliphatic carbocycles. The summed E-state index contributed by atoms with van der Waals surface area (Å²) in [4.78, 5) is 22.9. The molecule has 2 aromatic rings. The summed E-state index contributed by atoms with van der Waals surface area (Å²) in [6.45, 7) is 3.73. The average molecular weight is 373 g/mol. The van der Waals surface area contributed by atoms with Crippen LogP contribution in [0.4, 0.5) is 10.3 Å². The highest BCUT2D eigenvalue weighted by molar-refractivity contribution is 7.18. The fraction of sp³-hybridized carbons (Fsp3) is 0.500. The number of hydrogen-bond acceptors (Lipinski definition) is 8. The maximum Gasteiger partial charge on any atom is 0.351 e. The Labute approximate surface area is 147 Å². The van der Waals surface area contributed by atoms with Gasteiger partial charge in [0.1, 0.15) is 0 Å². The van der Waals surface area contributed by atoms with Crippen LogP contribution in [0.1, 0.15) is 28.2 Å². The van der Waals surface area contributed by atoms with E-state index in [1.54, 1.807) is 11.3 Å². The molecular formula is C14H17ClN4O2S2. The highest BCUT2D eigenvalue weighted by Gasteiger charge is 2.25. The van der Waals surface area contributed by atoms with Gasteiger partial charge in [-0.25, -0.2) is 14.8 Å². The van der Waals surface area contributed by atoms with Crippen molar-refractivity contribution in [3.63, 3.8) is 0 Å². The molecule has 1 fully saturated rings. The van der Waals surface area contributed by atoms with E-state index in [4.69, 9.17) is 16.3 Å². The lowest BCUT2D eigenvalue weighted by molar-refractivity contribution is 0.0606. The molecule has 0 unspecified atom stereocenters. The molecule has 0 spiro atoms. The molecule has 0 aromatic carbocycles. The minimum Gasteiger partial charge on any atom is -0.465 e. The molecule has 1 aliphatic rings. The second kappa shape index (κ2) is 7.02. The Morgan fingerprint density at radius 2 is 2.17 bits per heavy atom. The molecule has 1 saturated heterocycles. The summed E-state index contributed by atoms with van der Waals surface area (Å²) in [6, 6.07) is 0.410. The van der Waals surface area contributed by atoms with Crippen LogP contribution in [0.2, 0.25) is 5.15 Å². The Kier molecular flexibility index (Phi) is 5.03. The van der Waals surface area contributed by atoms with Crippen LogP contribution < -0.4 is 10.2 Å². The van der Waals surface area contributed by atoms with E-state index in [2.05, 4.69) is 20.2 Å². The molecule has 0 atom stereocenters. The second-order valence-corrected chi connectivity index (χ2v) is 7.50. The number of aryl methyl sites for hydroxylation is 1. The van der Waals surface area contributed by atoms with Gasteiger partial charge < -0.3 is 15.0 Å². The average Bonchev–Trinajstić information content (AvgIpc) is 3.13. The minimum atomic E-state index is -0.436. The first-order valence-electron chi connectivity index (χ1n) is 7.25. The molecule has 9 heteroatoms. The van der Waals surface area contributed by atoms with Gasteiger partial charge in [0.25, 0.3) is 0 Å². The van der Waals surface area contributed by atoms with Gasteiger partial charge in [-0.15, -0.1) is 11.3 Å². The third-order valence-corrected chi connectivity index (χ3v) is 6.03. The summed E-state index contributed by atoms with van der Waals surface area (Å²) in [5.74, 6) is -0.436. The summed E-state index contributed by atoms with van der Waals surface area (Å²) >= 11 is 8.95. The number of carbonyl (C=O) groups excluding carboxylic acids is 1. The maximum absolute atomic E-state index is 11.6. The van der Waals surface area contributed by atoms with Crippen LogP contribution in [-0.4, -0.2) is 42.2 Å². The zero-order valence-electron chi connectivity index (χ0n) is 12.8. The number of carbonyl (C=O) groups is 1. The van der Waals surface area contributed by atoms with Crippen molar-refractivity contribution in [1.82, 2.24) is 9.97 Å². The van der Waals surface area contributed by atoms with Gasteiger partial charge in [-0.3, -0.25) is 0 Å². The van der Waals surface area contributed by atoms with Crippen LogP contribution in [0.5, 0.6) is 0 Å². The van der Waals surface area contributed by atoms with Crippen molar-refractivity contribution >= 4 is 50.5 Å². The van der Waals surface area contributed by atoms with Crippen LogP contribution in [0, 0.1) is 6.92 Å². The molecule has 3 heterocycles. The summed E-state index contributed by atoms with van der Waals surface area (Å²) in [5.41, 5.74) is 1.04. The van der Waals surface area contributed by atoms with Crippen LogP contribution in [-0.2, 0) is 4.74 Å². The molecule has 1 aliphatic heterocycles. The SMILES string of the molecule is COC(=O)c1sc(N2CCC(Nc3nc(C)cs3)CC2)nc1Cl. The molecule has 23 heavy (non-hydrogen) atoms. The monoisotopic (exact) mass is 372 g/mol. The number of nitrogens with zero attached hydrogens (tertiary/aromatic N) is 3. The van der Waals surface area contributed by atoms with Gasteiger partial charge in [-0.1, -0.05) is 22.9 Å². The van der Waals surface area contributed by atoms with E-state index in [9.17, 15) is 4.79 Å². The van der Waals surface area contributed by atoms with Gasteiger partial charge in [-0.2, -0.15) is 0 Å². The van der Waals surface area contributed by atoms with Gasteiger partial charge in [-0.05, 0) is 19.8 Å². The van der Waals surface area contributed by atoms with Crippen molar-refractivity contribution in [2.45, 2.75) is 25.8 Å². The van der Waals surface area contributed by atoms with E-state index >= 15 is 0 Å². The standard InChI is InChI=1S/C14H17ClN4O2S2/c1-8-7-22-13(16-8)17-9-3-5-19(6-4-9)14-18-11(15)10(23-14)12(20)21-2/h7,9H,3-6H2,1-2H3,(H,16,17). The number of rotatable bonds is 4. The van der Waals surface area contributed by atoms with Gasteiger partial charge in [0.05, 0.1) is 12.8 Å². The number of methoxy groups -OCH3 is 1. The number of ether oxygens (including phenoxy) is 1. The van der Waals surface area contributed by atoms with Gasteiger partial charge >= 0.3 is 5.97 Å². The Morgan fingerprint density at radius 1 is 1.43 bits per heavy atom. The van der Waals surface area contributed by atoms with E-state index in [1.165, 1.54) is 18.4 Å². The number of anilines is 2. The first-order chi connectivity index (χ1) is 11.1. The smallest absolute Gasteiger partial charge is 0.351 e. The number of esters is 1. The van der Waals surface area contributed by atoms with Gasteiger partial charge in [0, 0.05) is 24.5 Å². The van der Waals surface area contributed by atoms with E-state index < -0.39 is 5.97 Å². The molecule has 3 rings (SSSR count). The number of thiazole rings is 2. The predicted molar refractivity (Wildman–Crippen MR) is 94.2 cm³/mol. The largest absolute Gasteiger partial charge is 0.465 e. The Hall–Kier alpha value is -1.38. The van der Waals surface area contributed by atoms with Crippen LogP contribution in [0.25, 0.3) is 0 Å². The minimum absolute atomic E-state index is 0.218. The highest BCUT2D eigenvalue weighted by Crippen LogP contribution is 2.32. The van der Waals surface area contributed by atoms with Crippen molar-refractivity contribution in [2.75, 3.05) is 30.4 Å². The topological polar surface area (TPSA) is 67.3 Å². The normalized spacial score (nSPS) is 15.7. The fourth-order valence-electron chi connectivity index (χ4n) is 2.45. The molecule has 0 saturated carbocycles. The molecule has 0 bridgehead atoms. The summed E-state index contributed by atoms with van der Waals surface area (Å²) in [7, 11) is 1.34. The molecule has 124 valence electrons. The lowest BCUT2D eigenvalue weighted by Crippen LogP contribution is -2.39. The van der Waals surface area contributed by atoms with Crippen LogP contribution in [0.3, 0.4) is 0 Å². The molecule has 0 radical (unpaired) electrons. The van der Waals surface area contributed by atoms with Crippen molar-refractivity contribution in [3.05, 3.63) is 21.1 Å². The number of nitrogens with one attached hydrogen (secondary N) is 1. The zero-order valence-corrected chi connectivity index (χ0v) is 15.2. The quantitative estimate of drug-likeness (QED) is 0.829. The van der Waals surface area contributed by atoms with E-state index in [0.29, 0.717) is 10.9 Å². The van der Waals surface area contributed by atoms with Crippen molar-refractivity contribution in [2.24, 2.45) is 0 Å². The van der Waals surface area contributed by atoms with E-state index in [0.717, 1.165) is 41.9 Å². The molecule has 6 nitrogen and oxygen atoms in total. The summed E-state index contributed by atoms with van der Waals surface area (Å²) in [6.07, 6.45) is 1.98. The Balaban J connectivity index is 1.59. The van der Waals surface area contributed by atoms with Crippen molar-refractivity contribution < 1.29 is 9.53 Å². The first-order valence-corrected chi connectivity index (χ1v) is 9.32. The predicted octanol–water partition coefficient (Wildman–Crippen LogP) is 3.43. The number of halogens is 1. The molecule has 2 aromatic heterocycles. The van der Waals surface area contributed by atoms with Crippen molar-refractivity contribution in [3.8, 4) is 0 Å². The first kappa shape index (κ1) is 16.5. The Morgan fingerprint density at radius 3 is 2.78 bits per heavy atom. The van der Waals surface area contributed by atoms with Gasteiger partial charge in [0.2, 0.25) is 0 Å². The number of aromatic nitrogens is 2. The van der Waals surface area contributed by atoms with Gasteiger partial charge in [0.15, 0.2) is 20.3 Å². The zero-order chi connectivity index (χ0) is 16.4. The number of piperidine rings is 1. The highest BCUT2D eigenvalue weighted by atomic mass is 35.5. The summed E-state index contributed by atoms with van der Waals surface area (Å²) in [5, 5.41) is 7.50. The number of hydrogen-bond donors (Lipinski definition) is 1. The molecule has 1 N–H and O–H groups in total. The lowest BCUT2D eigenvalue weighted by Gasteiger charge is -2.32. The second-order valence-electron chi connectivity index (χ2n) is 5.31. The van der Waals surface area contributed by atoms with Crippen LogP contribution in [0.15, 0.2) is 5.38 Å². The third-order valence-electron chi connectivity index (χ3n) is 3.66. The fourth-order valence-corrected chi connectivity index (χ4v) is 4.47. The van der Waals surface area contributed by atoms with E-state index in [-0.39, 0.29) is 5.15 Å². The lowest BCUT2D eigenvalue weighted by atomic mass is 10.1. The van der Waals surface area contributed by atoms with E-state index in [1.807, 2.05) is 12.3 Å². The van der Waals surface area contributed by atoms with Crippen LogP contribution >= 0.6 is 34.3 Å². The Bertz CT molecular complexity index is 695. The maximum atomic E-state index is 11.6. The molecular weight excluding hydrogens is 356 g/mol. The third kappa shape index (κ3) is 3.76.